The first-order valence-electron chi connectivity index (χ1n) is 9.82. The second-order valence-corrected chi connectivity index (χ2v) is 9.64. The molecule has 0 atom stereocenters. The Morgan fingerprint density at radius 2 is 1.62 bits per heavy atom. The van der Waals surface area contributed by atoms with E-state index in [0.717, 1.165) is 15.9 Å². The number of sulfonamides is 1. The van der Waals surface area contributed by atoms with Gasteiger partial charge in [-0.3, -0.25) is 9.10 Å². The van der Waals surface area contributed by atoms with Crippen LogP contribution in [0.4, 0.5) is 10.1 Å². The largest absolute Gasteiger partial charge is 0.355 e. The highest BCUT2D eigenvalue weighted by atomic mass is 35.5. The van der Waals surface area contributed by atoms with E-state index in [9.17, 15) is 17.6 Å². The molecule has 3 aromatic carbocycles. The van der Waals surface area contributed by atoms with Crippen LogP contribution in [0.1, 0.15) is 12.0 Å². The number of nitrogens with one attached hydrogen (secondary N) is 1. The molecule has 0 heterocycles. The minimum atomic E-state index is -4.08. The number of carbonyl (C=O) groups is 1. The predicted octanol–water partition coefficient (Wildman–Crippen LogP) is 5.08. The van der Waals surface area contributed by atoms with E-state index in [1.54, 1.807) is 24.3 Å². The number of carbonyl (C=O) groups excluding carboxylic acids is 1. The van der Waals surface area contributed by atoms with Gasteiger partial charge in [-0.25, -0.2) is 12.8 Å². The zero-order valence-electron chi connectivity index (χ0n) is 17.0. The first-order chi connectivity index (χ1) is 15.3. The summed E-state index contributed by atoms with van der Waals surface area (Å²) >= 11 is 12.0. The van der Waals surface area contributed by atoms with Gasteiger partial charge in [0.05, 0.1) is 15.6 Å². The molecule has 0 saturated heterocycles. The normalized spacial score (nSPS) is 11.2. The van der Waals surface area contributed by atoms with E-state index >= 15 is 0 Å². The number of hydrogen-bond acceptors (Lipinski definition) is 3. The number of aryl methyl sites for hydroxylation is 1. The molecule has 0 fully saturated rings. The molecule has 0 aliphatic carbocycles. The zero-order chi connectivity index (χ0) is 23.1. The molecule has 5 nitrogen and oxygen atoms in total. The number of benzene rings is 3. The number of rotatable bonds is 9. The molecule has 9 heteroatoms. The van der Waals surface area contributed by atoms with Crippen molar-refractivity contribution in [2.24, 2.45) is 0 Å². The Balaban J connectivity index is 1.73. The van der Waals surface area contributed by atoms with Crippen molar-refractivity contribution >= 4 is 44.8 Å². The van der Waals surface area contributed by atoms with Gasteiger partial charge in [-0.2, -0.15) is 0 Å². The summed E-state index contributed by atoms with van der Waals surface area (Å²) in [5.74, 6) is -1.18. The minimum absolute atomic E-state index is 0.00645. The maximum absolute atomic E-state index is 13.6. The van der Waals surface area contributed by atoms with Crippen LogP contribution in [-0.4, -0.2) is 27.4 Å². The third-order valence-corrected chi connectivity index (χ3v) is 7.16. The molecule has 0 unspecified atom stereocenters. The molecular weight excluding hydrogens is 474 g/mol. The van der Waals surface area contributed by atoms with E-state index < -0.39 is 28.3 Å². The second-order valence-electron chi connectivity index (χ2n) is 6.97. The van der Waals surface area contributed by atoms with Crippen LogP contribution in [-0.2, 0) is 21.2 Å². The van der Waals surface area contributed by atoms with Crippen molar-refractivity contribution in [1.29, 1.82) is 0 Å². The van der Waals surface area contributed by atoms with Crippen molar-refractivity contribution in [1.82, 2.24) is 5.32 Å². The lowest BCUT2D eigenvalue weighted by molar-refractivity contribution is -0.119. The summed E-state index contributed by atoms with van der Waals surface area (Å²) in [7, 11) is -4.08. The van der Waals surface area contributed by atoms with E-state index in [1.807, 2.05) is 18.2 Å². The SMILES string of the molecule is O=C(CN(c1ccc(F)c(Cl)c1)S(=O)(=O)c1ccccc1)NCCCc1ccccc1Cl. The summed E-state index contributed by atoms with van der Waals surface area (Å²) in [5, 5.41) is 3.15. The third-order valence-electron chi connectivity index (χ3n) is 4.71. The number of nitrogens with zero attached hydrogens (tertiary/aromatic N) is 1. The average molecular weight is 495 g/mol. The number of amides is 1. The van der Waals surface area contributed by atoms with Crippen LogP contribution >= 0.6 is 23.2 Å². The van der Waals surface area contributed by atoms with Crippen LogP contribution in [0.3, 0.4) is 0 Å². The van der Waals surface area contributed by atoms with Gasteiger partial charge >= 0.3 is 0 Å². The molecule has 0 aromatic heterocycles. The van der Waals surface area contributed by atoms with Crippen molar-refractivity contribution in [3.63, 3.8) is 0 Å². The lowest BCUT2D eigenvalue weighted by Crippen LogP contribution is -2.41. The van der Waals surface area contributed by atoms with Crippen molar-refractivity contribution < 1.29 is 17.6 Å². The molecule has 1 N–H and O–H groups in total. The van der Waals surface area contributed by atoms with Crippen LogP contribution in [0.25, 0.3) is 0 Å². The molecule has 168 valence electrons. The predicted molar refractivity (Wildman–Crippen MR) is 125 cm³/mol. The molecule has 3 aromatic rings. The number of hydrogen-bond donors (Lipinski definition) is 1. The van der Waals surface area contributed by atoms with Gasteiger partial charge in [0.2, 0.25) is 5.91 Å². The van der Waals surface area contributed by atoms with Crippen molar-refractivity contribution in [3.05, 3.63) is 94.2 Å². The van der Waals surface area contributed by atoms with Crippen LogP contribution < -0.4 is 9.62 Å². The molecule has 0 radical (unpaired) electrons. The van der Waals surface area contributed by atoms with E-state index in [4.69, 9.17) is 23.2 Å². The summed E-state index contributed by atoms with van der Waals surface area (Å²) < 4.78 is 41.0. The summed E-state index contributed by atoms with van der Waals surface area (Å²) in [5.41, 5.74) is 1.06. The smallest absolute Gasteiger partial charge is 0.264 e. The molecule has 0 saturated carbocycles. The molecule has 0 bridgehead atoms. The fourth-order valence-electron chi connectivity index (χ4n) is 3.07. The molecule has 1 amide bonds. The average Bonchev–Trinajstić information content (AvgIpc) is 2.78. The van der Waals surface area contributed by atoms with Crippen LogP contribution in [0, 0.1) is 5.82 Å². The summed E-state index contributed by atoms with van der Waals surface area (Å²) in [4.78, 5) is 12.6. The Morgan fingerprint density at radius 3 is 2.31 bits per heavy atom. The minimum Gasteiger partial charge on any atom is -0.355 e. The van der Waals surface area contributed by atoms with Gasteiger partial charge < -0.3 is 5.32 Å². The summed E-state index contributed by atoms with van der Waals surface area (Å²) in [6.45, 7) is -0.140. The monoisotopic (exact) mass is 494 g/mol. The molecule has 0 aliphatic heterocycles. The van der Waals surface area contributed by atoms with Crippen molar-refractivity contribution in [2.75, 3.05) is 17.4 Å². The van der Waals surface area contributed by atoms with Gasteiger partial charge in [-0.1, -0.05) is 59.6 Å². The number of anilines is 1. The topological polar surface area (TPSA) is 66.5 Å². The van der Waals surface area contributed by atoms with Gasteiger partial charge in [0.25, 0.3) is 10.0 Å². The molecular formula is C23H21Cl2FN2O3S. The standard InChI is InChI=1S/C23H21Cl2FN2O3S/c24-20-11-5-4-7-17(20)8-6-14-27-23(29)16-28(18-12-13-22(26)21(25)15-18)32(30,31)19-9-2-1-3-10-19/h1-5,7,9-13,15H,6,8,14,16H2,(H,27,29). The van der Waals surface area contributed by atoms with Crippen molar-refractivity contribution in [3.8, 4) is 0 Å². The van der Waals surface area contributed by atoms with Gasteiger partial charge in [0.1, 0.15) is 12.4 Å². The fraction of sp³-hybridized carbons (Fsp3) is 0.174. The first-order valence-corrected chi connectivity index (χ1v) is 12.0. The Morgan fingerprint density at radius 1 is 0.938 bits per heavy atom. The fourth-order valence-corrected chi connectivity index (χ4v) is 4.91. The van der Waals surface area contributed by atoms with Gasteiger partial charge in [0, 0.05) is 11.6 Å². The quantitative estimate of drug-likeness (QED) is 0.422. The van der Waals surface area contributed by atoms with Gasteiger partial charge in [-0.05, 0) is 54.8 Å². The molecule has 0 spiro atoms. The first kappa shape index (κ1) is 24.0. The maximum Gasteiger partial charge on any atom is 0.264 e. The summed E-state index contributed by atoms with van der Waals surface area (Å²) in [6, 6.07) is 18.7. The third kappa shape index (κ3) is 6.00. The Labute approximate surface area is 196 Å². The highest BCUT2D eigenvalue weighted by Gasteiger charge is 2.27. The highest BCUT2D eigenvalue weighted by Crippen LogP contribution is 2.27. The molecule has 32 heavy (non-hydrogen) atoms. The Hall–Kier alpha value is -2.61. The van der Waals surface area contributed by atoms with Crippen LogP contribution in [0.2, 0.25) is 10.0 Å². The van der Waals surface area contributed by atoms with Crippen LogP contribution in [0.15, 0.2) is 77.7 Å². The van der Waals surface area contributed by atoms with Gasteiger partial charge in [0.15, 0.2) is 0 Å². The molecule has 0 aliphatic rings. The van der Waals surface area contributed by atoms with Crippen LogP contribution in [0.5, 0.6) is 0 Å². The lowest BCUT2D eigenvalue weighted by Gasteiger charge is -2.24. The summed E-state index contributed by atoms with van der Waals surface area (Å²) in [6.07, 6.45) is 1.29. The maximum atomic E-state index is 13.6. The zero-order valence-corrected chi connectivity index (χ0v) is 19.3. The van der Waals surface area contributed by atoms with Gasteiger partial charge in [-0.15, -0.1) is 0 Å². The van der Waals surface area contributed by atoms with E-state index in [2.05, 4.69) is 5.32 Å². The van der Waals surface area contributed by atoms with E-state index in [1.165, 1.54) is 24.3 Å². The van der Waals surface area contributed by atoms with E-state index in [0.29, 0.717) is 24.4 Å². The Bertz CT molecular complexity index is 1190. The lowest BCUT2D eigenvalue weighted by atomic mass is 10.1. The second kappa shape index (κ2) is 10.8. The van der Waals surface area contributed by atoms with E-state index in [-0.39, 0.29) is 15.6 Å². The number of halogens is 3. The highest BCUT2D eigenvalue weighted by molar-refractivity contribution is 7.92. The van der Waals surface area contributed by atoms with Crippen molar-refractivity contribution in [2.45, 2.75) is 17.7 Å². The molecule has 3 rings (SSSR count). The Kier molecular flexibility index (Phi) is 8.12.